The van der Waals surface area contributed by atoms with Crippen molar-refractivity contribution in [1.82, 2.24) is 9.71 Å². The lowest BCUT2D eigenvalue weighted by molar-refractivity contribution is -0.127. The zero-order valence-electron chi connectivity index (χ0n) is 11.4. The fraction of sp³-hybridized carbons (Fsp3) is 0.667. The molecule has 1 aromatic heterocycles. The molecule has 0 saturated heterocycles. The molecule has 118 valence electrons. The van der Waals surface area contributed by atoms with E-state index < -0.39 is 27.8 Å². The molecule has 0 aliphatic heterocycles. The SMILES string of the molecule is CCc1csc(S(=O)(=O)NC(=O)C2CCC(F)(F)CC2)n1. The van der Waals surface area contributed by atoms with E-state index in [1.54, 1.807) is 5.38 Å². The maximum atomic E-state index is 13.0. The number of hydrogen-bond acceptors (Lipinski definition) is 5. The molecule has 1 aliphatic carbocycles. The summed E-state index contributed by atoms with van der Waals surface area (Å²) in [5, 5.41) is 1.61. The highest BCUT2D eigenvalue weighted by molar-refractivity contribution is 7.92. The Balaban J connectivity index is 2.02. The van der Waals surface area contributed by atoms with Crippen LogP contribution in [-0.4, -0.2) is 25.2 Å². The molecular weight excluding hydrogens is 322 g/mol. The van der Waals surface area contributed by atoms with Crippen molar-refractivity contribution in [3.8, 4) is 0 Å². The van der Waals surface area contributed by atoms with Gasteiger partial charge in [-0.25, -0.2) is 18.5 Å². The largest absolute Gasteiger partial charge is 0.291 e. The zero-order chi connectivity index (χ0) is 15.7. The number of thiazole rings is 1. The number of sulfonamides is 1. The van der Waals surface area contributed by atoms with E-state index in [-0.39, 0.29) is 30.0 Å². The van der Waals surface area contributed by atoms with Crippen LogP contribution in [0.3, 0.4) is 0 Å². The van der Waals surface area contributed by atoms with Crippen molar-refractivity contribution < 1.29 is 22.0 Å². The molecule has 1 fully saturated rings. The Morgan fingerprint density at radius 2 is 2.10 bits per heavy atom. The van der Waals surface area contributed by atoms with Crippen LogP contribution in [0.15, 0.2) is 9.72 Å². The summed E-state index contributed by atoms with van der Waals surface area (Å²) in [7, 11) is -4.01. The average Bonchev–Trinajstić information content (AvgIpc) is 2.87. The standard InChI is InChI=1S/C12H16F2N2O3S2/c1-2-9-7-20-11(15-9)21(18,19)16-10(17)8-3-5-12(13,14)6-4-8/h7-8H,2-6H2,1H3,(H,16,17). The number of alkyl halides is 2. The van der Waals surface area contributed by atoms with Gasteiger partial charge in [-0.15, -0.1) is 11.3 Å². The Hall–Kier alpha value is -1.09. The summed E-state index contributed by atoms with van der Waals surface area (Å²) >= 11 is 0.936. The first-order valence-corrected chi connectivity index (χ1v) is 8.99. The summed E-state index contributed by atoms with van der Waals surface area (Å²) < 4.78 is 51.8. The number of nitrogens with zero attached hydrogens (tertiary/aromatic N) is 1. The second kappa shape index (κ2) is 5.96. The third-order valence-corrected chi connectivity index (χ3v) is 6.10. The second-order valence-electron chi connectivity index (χ2n) is 5.06. The molecule has 0 spiro atoms. The third-order valence-electron chi connectivity index (χ3n) is 3.45. The molecule has 1 heterocycles. The van der Waals surface area contributed by atoms with Gasteiger partial charge in [0.2, 0.25) is 16.2 Å². The molecule has 0 radical (unpaired) electrons. The van der Waals surface area contributed by atoms with Crippen LogP contribution in [0.1, 0.15) is 38.3 Å². The Morgan fingerprint density at radius 1 is 1.48 bits per heavy atom. The number of carbonyl (C=O) groups excluding carboxylic acids is 1. The lowest BCUT2D eigenvalue weighted by Gasteiger charge is -2.27. The molecule has 1 N–H and O–H groups in total. The molecule has 1 aromatic rings. The highest BCUT2D eigenvalue weighted by Gasteiger charge is 2.38. The van der Waals surface area contributed by atoms with Gasteiger partial charge in [-0.05, 0) is 19.3 Å². The number of halogens is 2. The van der Waals surface area contributed by atoms with Crippen molar-refractivity contribution in [2.75, 3.05) is 0 Å². The van der Waals surface area contributed by atoms with Gasteiger partial charge in [0.05, 0.1) is 5.69 Å². The first kappa shape index (κ1) is 16.3. The van der Waals surface area contributed by atoms with Gasteiger partial charge < -0.3 is 0 Å². The first-order chi connectivity index (χ1) is 9.73. The van der Waals surface area contributed by atoms with Crippen molar-refractivity contribution in [3.05, 3.63) is 11.1 Å². The maximum absolute atomic E-state index is 13.0. The molecule has 5 nitrogen and oxygen atoms in total. The van der Waals surface area contributed by atoms with Gasteiger partial charge in [-0.2, -0.15) is 8.42 Å². The van der Waals surface area contributed by atoms with Gasteiger partial charge in [0, 0.05) is 24.1 Å². The minimum absolute atomic E-state index is 0.00751. The zero-order valence-corrected chi connectivity index (χ0v) is 13.1. The Bertz CT molecular complexity index is 618. The Morgan fingerprint density at radius 3 is 2.62 bits per heavy atom. The number of aryl methyl sites for hydroxylation is 1. The van der Waals surface area contributed by atoms with E-state index in [0.29, 0.717) is 12.1 Å². The van der Waals surface area contributed by atoms with Gasteiger partial charge in [0.1, 0.15) is 0 Å². The van der Waals surface area contributed by atoms with Gasteiger partial charge in [-0.3, -0.25) is 4.79 Å². The van der Waals surface area contributed by atoms with Crippen LogP contribution in [0.2, 0.25) is 0 Å². The number of hydrogen-bond donors (Lipinski definition) is 1. The monoisotopic (exact) mass is 338 g/mol. The molecule has 9 heteroatoms. The molecule has 1 saturated carbocycles. The van der Waals surface area contributed by atoms with Crippen molar-refractivity contribution >= 4 is 27.3 Å². The van der Waals surface area contributed by atoms with Crippen molar-refractivity contribution in [2.24, 2.45) is 5.92 Å². The van der Waals surface area contributed by atoms with E-state index in [4.69, 9.17) is 0 Å². The molecule has 21 heavy (non-hydrogen) atoms. The lowest BCUT2D eigenvalue weighted by atomic mass is 9.86. The number of amides is 1. The van der Waals surface area contributed by atoms with Crippen LogP contribution < -0.4 is 4.72 Å². The minimum Gasteiger partial charge on any atom is -0.274 e. The summed E-state index contributed by atoms with van der Waals surface area (Å²) in [6.45, 7) is 1.84. The molecule has 0 atom stereocenters. The summed E-state index contributed by atoms with van der Waals surface area (Å²) in [5.74, 6) is -4.16. The van der Waals surface area contributed by atoms with E-state index in [9.17, 15) is 22.0 Å². The molecule has 1 amide bonds. The molecule has 0 bridgehead atoms. The van der Waals surface area contributed by atoms with E-state index in [1.807, 2.05) is 11.6 Å². The summed E-state index contributed by atoms with van der Waals surface area (Å²) in [5.41, 5.74) is 0.630. The predicted molar refractivity (Wildman–Crippen MR) is 73.7 cm³/mol. The van der Waals surface area contributed by atoms with Crippen molar-refractivity contribution in [3.63, 3.8) is 0 Å². The summed E-state index contributed by atoms with van der Waals surface area (Å²) in [6, 6.07) is 0. The fourth-order valence-electron chi connectivity index (χ4n) is 2.14. The predicted octanol–water partition coefficient (Wildman–Crippen LogP) is 2.34. The normalized spacial score (nSPS) is 19.4. The molecule has 1 aliphatic rings. The lowest BCUT2D eigenvalue weighted by Crippen LogP contribution is -2.38. The summed E-state index contributed by atoms with van der Waals surface area (Å²) in [6.07, 6.45) is -0.193. The smallest absolute Gasteiger partial charge is 0.274 e. The summed E-state index contributed by atoms with van der Waals surface area (Å²) in [4.78, 5) is 15.8. The van der Waals surface area contributed by atoms with Crippen LogP contribution in [0.25, 0.3) is 0 Å². The Labute approximate surface area is 125 Å². The van der Waals surface area contributed by atoms with Crippen molar-refractivity contribution in [1.29, 1.82) is 0 Å². The average molecular weight is 338 g/mol. The van der Waals surface area contributed by atoms with E-state index >= 15 is 0 Å². The number of rotatable bonds is 4. The van der Waals surface area contributed by atoms with Gasteiger partial charge >= 0.3 is 0 Å². The molecular formula is C12H16F2N2O3S2. The highest BCUT2D eigenvalue weighted by Crippen LogP contribution is 2.36. The van der Waals surface area contributed by atoms with Crippen LogP contribution >= 0.6 is 11.3 Å². The molecule has 2 rings (SSSR count). The highest BCUT2D eigenvalue weighted by atomic mass is 32.2. The second-order valence-corrected chi connectivity index (χ2v) is 7.77. The van der Waals surface area contributed by atoms with E-state index in [2.05, 4.69) is 4.98 Å². The third kappa shape index (κ3) is 3.97. The van der Waals surface area contributed by atoms with Crippen LogP contribution in [-0.2, 0) is 21.2 Å². The van der Waals surface area contributed by atoms with Gasteiger partial charge in [0.25, 0.3) is 10.0 Å². The number of nitrogens with one attached hydrogen (secondary N) is 1. The van der Waals surface area contributed by atoms with Crippen LogP contribution in [0, 0.1) is 5.92 Å². The molecule has 0 aromatic carbocycles. The number of carbonyl (C=O) groups is 1. The van der Waals surface area contributed by atoms with E-state index in [1.165, 1.54) is 0 Å². The van der Waals surface area contributed by atoms with Gasteiger partial charge in [0.15, 0.2) is 0 Å². The quantitative estimate of drug-likeness (QED) is 0.914. The van der Waals surface area contributed by atoms with Crippen molar-refractivity contribution in [2.45, 2.75) is 49.3 Å². The molecule has 0 unspecified atom stereocenters. The fourth-order valence-corrected chi connectivity index (χ4v) is 4.29. The topological polar surface area (TPSA) is 76.1 Å². The Kier molecular flexibility index (Phi) is 4.62. The van der Waals surface area contributed by atoms with Crippen LogP contribution in [0.4, 0.5) is 8.78 Å². The number of aromatic nitrogens is 1. The van der Waals surface area contributed by atoms with E-state index in [0.717, 1.165) is 11.3 Å². The maximum Gasteiger partial charge on any atom is 0.291 e. The van der Waals surface area contributed by atoms with Gasteiger partial charge in [-0.1, -0.05) is 6.92 Å². The first-order valence-electron chi connectivity index (χ1n) is 6.62. The minimum atomic E-state index is -4.01. The van der Waals surface area contributed by atoms with Crippen LogP contribution in [0.5, 0.6) is 0 Å².